The number of aromatic amines is 1. The molecule has 0 spiro atoms. The van der Waals surface area contributed by atoms with E-state index in [1.165, 1.54) is 6.20 Å². The first-order valence-corrected chi connectivity index (χ1v) is 4.56. The van der Waals surface area contributed by atoms with Crippen LogP contribution in [0, 0.1) is 5.92 Å². The highest BCUT2D eigenvalue weighted by atomic mass is 16.1. The van der Waals surface area contributed by atoms with Gasteiger partial charge < -0.3 is 10.3 Å². The Morgan fingerprint density at radius 3 is 3.00 bits per heavy atom. The summed E-state index contributed by atoms with van der Waals surface area (Å²) >= 11 is 0. The summed E-state index contributed by atoms with van der Waals surface area (Å²) in [7, 11) is 0. The van der Waals surface area contributed by atoms with Gasteiger partial charge in [0, 0.05) is 18.4 Å². The van der Waals surface area contributed by atoms with E-state index in [9.17, 15) is 4.79 Å². The first-order chi connectivity index (χ1) is 6.25. The average molecular weight is 179 g/mol. The van der Waals surface area contributed by atoms with Crippen molar-refractivity contribution in [3.05, 3.63) is 22.7 Å². The molecule has 1 aromatic heterocycles. The lowest BCUT2D eigenvalue weighted by atomic mass is 9.82. The van der Waals surface area contributed by atoms with Gasteiger partial charge in [-0.2, -0.15) is 0 Å². The van der Waals surface area contributed by atoms with Gasteiger partial charge in [0.05, 0.1) is 0 Å². The van der Waals surface area contributed by atoms with Crippen molar-refractivity contribution in [1.82, 2.24) is 9.97 Å². The van der Waals surface area contributed by atoms with E-state index >= 15 is 0 Å². The molecule has 0 aliphatic heterocycles. The van der Waals surface area contributed by atoms with Gasteiger partial charge in [-0.3, -0.25) is 4.79 Å². The summed E-state index contributed by atoms with van der Waals surface area (Å²) in [6.07, 6.45) is 5.40. The van der Waals surface area contributed by atoms with Crippen molar-refractivity contribution < 1.29 is 0 Å². The zero-order valence-corrected chi connectivity index (χ0v) is 7.58. The normalized spacial score (nSPS) is 26.5. The Labute approximate surface area is 76.4 Å². The van der Waals surface area contributed by atoms with Crippen molar-refractivity contribution in [2.75, 3.05) is 5.32 Å². The van der Waals surface area contributed by atoms with Crippen molar-refractivity contribution in [1.29, 1.82) is 0 Å². The molecule has 1 fully saturated rings. The SMILES string of the molecule is CC1CC(Nc2ncc[nH]c2=O)C1. The first-order valence-electron chi connectivity index (χ1n) is 4.56. The molecule has 0 amide bonds. The van der Waals surface area contributed by atoms with Crippen LogP contribution < -0.4 is 10.9 Å². The molecular weight excluding hydrogens is 166 g/mol. The molecule has 4 nitrogen and oxygen atoms in total. The summed E-state index contributed by atoms with van der Waals surface area (Å²) in [6.45, 7) is 2.21. The number of anilines is 1. The molecule has 1 aliphatic rings. The smallest absolute Gasteiger partial charge is 0.290 e. The van der Waals surface area contributed by atoms with E-state index in [4.69, 9.17) is 0 Å². The number of nitrogens with zero attached hydrogens (tertiary/aromatic N) is 1. The molecule has 2 rings (SSSR count). The Balaban J connectivity index is 2.02. The molecule has 70 valence electrons. The molecule has 1 heterocycles. The van der Waals surface area contributed by atoms with Crippen molar-refractivity contribution in [2.24, 2.45) is 5.92 Å². The second-order valence-corrected chi connectivity index (χ2v) is 3.68. The van der Waals surface area contributed by atoms with Crippen molar-refractivity contribution in [2.45, 2.75) is 25.8 Å². The predicted octanol–water partition coefficient (Wildman–Crippen LogP) is 0.980. The Hall–Kier alpha value is -1.32. The average Bonchev–Trinajstić information content (AvgIpc) is 2.06. The zero-order chi connectivity index (χ0) is 9.26. The number of aromatic nitrogens is 2. The minimum atomic E-state index is -0.137. The van der Waals surface area contributed by atoms with Gasteiger partial charge in [-0.05, 0) is 18.8 Å². The summed E-state index contributed by atoms with van der Waals surface area (Å²) in [5.74, 6) is 1.22. The van der Waals surface area contributed by atoms with Crippen LogP contribution in [0.1, 0.15) is 19.8 Å². The third-order valence-electron chi connectivity index (χ3n) is 2.42. The Morgan fingerprint density at radius 1 is 1.62 bits per heavy atom. The fraction of sp³-hybridized carbons (Fsp3) is 0.556. The fourth-order valence-electron chi connectivity index (χ4n) is 1.67. The van der Waals surface area contributed by atoms with Crippen LogP contribution in [0.4, 0.5) is 5.82 Å². The molecular formula is C9H13N3O. The highest BCUT2D eigenvalue weighted by Crippen LogP contribution is 2.27. The van der Waals surface area contributed by atoms with Gasteiger partial charge in [-0.25, -0.2) is 4.98 Å². The van der Waals surface area contributed by atoms with Gasteiger partial charge in [0.25, 0.3) is 5.56 Å². The monoisotopic (exact) mass is 179 g/mol. The largest absolute Gasteiger partial charge is 0.363 e. The van der Waals surface area contributed by atoms with E-state index in [0.717, 1.165) is 18.8 Å². The van der Waals surface area contributed by atoms with Crippen LogP contribution in [0.5, 0.6) is 0 Å². The quantitative estimate of drug-likeness (QED) is 0.711. The Bertz CT molecular complexity index is 341. The number of hydrogen-bond donors (Lipinski definition) is 2. The third-order valence-corrected chi connectivity index (χ3v) is 2.42. The van der Waals surface area contributed by atoms with Crippen molar-refractivity contribution in [3.63, 3.8) is 0 Å². The van der Waals surface area contributed by atoms with Crippen LogP contribution in [0.15, 0.2) is 17.2 Å². The molecule has 1 saturated carbocycles. The Morgan fingerprint density at radius 2 is 2.38 bits per heavy atom. The maximum absolute atomic E-state index is 11.2. The van der Waals surface area contributed by atoms with E-state index in [2.05, 4.69) is 22.2 Å². The molecule has 0 atom stereocenters. The number of nitrogens with one attached hydrogen (secondary N) is 2. The Kier molecular flexibility index (Phi) is 2.04. The van der Waals surface area contributed by atoms with Gasteiger partial charge in [0.15, 0.2) is 5.82 Å². The molecule has 0 aromatic carbocycles. The maximum Gasteiger partial charge on any atom is 0.290 e. The second-order valence-electron chi connectivity index (χ2n) is 3.68. The van der Waals surface area contributed by atoms with Gasteiger partial charge >= 0.3 is 0 Å². The summed E-state index contributed by atoms with van der Waals surface area (Å²) in [4.78, 5) is 17.8. The molecule has 4 heteroatoms. The highest BCUT2D eigenvalue weighted by molar-refractivity contribution is 5.32. The minimum Gasteiger partial charge on any atom is -0.363 e. The van der Waals surface area contributed by atoms with E-state index in [0.29, 0.717) is 11.9 Å². The molecule has 0 bridgehead atoms. The van der Waals surface area contributed by atoms with Crippen LogP contribution in [-0.2, 0) is 0 Å². The fourth-order valence-corrected chi connectivity index (χ4v) is 1.67. The van der Waals surface area contributed by atoms with Crippen LogP contribution in [0.25, 0.3) is 0 Å². The summed E-state index contributed by atoms with van der Waals surface area (Å²) in [5, 5.41) is 3.12. The molecule has 13 heavy (non-hydrogen) atoms. The number of hydrogen-bond acceptors (Lipinski definition) is 3. The molecule has 2 N–H and O–H groups in total. The van der Waals surface area contributed by atoms with Gasteiger partial charge in [-0.1, -0.05) is 6.92 Å². The topological polar surface area (TPSA) is 57.8 Å². The second kappa shape index (κ2) is 3.20. The third kappa shape index (κ3) is 1.71. The standard InChI is InChI=1S/C9H13N3O/c1-6-4-7(5-6)12-8-9(13)11-3-2-10-8/h2-3,6-7H,4-5H2,1H3,(H,10,12)(H,11,13). The first kappa shape index (κ1) is 8.29. The summed E-state index contributed by atoms with van der Waals surface area (Å²) < 4.78 is 0. The van der Waals surface area contributed by atoms with E-state index in [-0.39, 0.29) is 5.56 Å². The lowest BCUT2D eigenvalue weighted by molar-refractivity contribution is 0.308. The zero-order valence-electron chi connectivity index (χ0n) is 7.58. The molecule has 1 aliphatic carbocycles. The van der Waals surface area contributed by atoms with Gasteiger partial charge in [-0.15, -0.1) is 0 Å². The van der Waals surface area contributed by atoms with E-state index in [1.54, 1.807) is 6.20 Å². The highest BCUT2D eigenvalue weighted by Gasteiger charge is 2.25. The molecule has 1 aromatic rings. The lowest BCUT2D eigenvalue weighted by Crippen LogP contribution is -2.36. The predicted molar refractivity (Wildman–Crippen MR) is 50.7 cm³/mol. The maximum atomic E-state index is 11.2. The summed E-state index contributed by atoms with van der Waals surface area (Å²) in [6, 6.07) is 0.436. The summed E-state index contributed by atoms with van der Waals surface area (Å²) in [5.41, 5.74) is -0.137. The number of rotatable bonds is 2. The van der Waals surface area contributed by atoms with Gasteiger partial charge in [0.1, 0.15) is 0 Å². The van der Waals surface area contributed by atoms with E-state index in [1.807, 2.05) is 0 Å². The van der Waals surface area contributed by atoms with Crippen molar-refractivity contribution >= 4 is 5.82 Å². The number of H-pyrrole nitrogens is 1. The van der Waals surface area contributed by atoms with Crippen LogP contribution >= 0.6 is 0 Å². The van der Waals surface area contributed by atoms with Crippen LogP contribution in [-0.4, -0.2) is 16.0 Å². The molecule has 0 saturated heterocycles. The molecule has 0 radical (unpaired) electrons. The lowest BCUT2D eigenvalue weighted by Gasteiger charge is -2.33. The van der Waals surface area contributed by atoms with Crippen LogP contribution in [0.3, 0.4) is 0 Å². The van der Waals surface area contributed by atoms with Crippen molar-refractivity contribution in [3.8, 4) is 0 Å². The molecule has 0 unspecified atom stereocenters. The minimum absolute atomic E-state index is 0.137. The van der Waals surface area contributed by atoms with Crippen LogP contribution in [0.2, 0.25) is 0 Å². The van der Waals surface area contributed by atoms with E-state index < -0.39 is 0 Å². The van der Waals surface area contributed by atoms with Gasteiger partial charge in [0.2, 0.25) is 0 Å².